The Kier molecular flexibility index (Phi) is 6.33. The molecule has 0 aliphatic carbocycles. The Morgan fingerprint density at radius 1 is 1.23 bits per heavy atom. The molecule has 0 aliphatic heterocycles. The van der Waals surface area contributed by atoms with Gasteiger partial charge in [-0.1, -0.05) is 26.2 Å². The Balaban J connectivity index is 2.86. The van der Waals surface area contributed by atoms with Crippen LogP contribution in [0.1, 0.15) is 48.5 Å². The fraction of sp³-hybridized carbons (Fsp3) is 0.500. The van der Waals surface area contributed by atoms with Crippen LogP contribution in [0.4, 0.5) is 18.9 Å². The number of nitro groups is 1. The Morgan fingerprint density at radius 3 is 2.45 bits per heavy atom. The lowest BCUT2D eigenvalue weighted by Crippen LogP contribution is -2.11. The topological polar surface area (TPSA) is 69.4 Å². The van der Waals surface area contributed by atoms with Crippen LogP contribution in [0.3, 0.4) is 0 Å². The first-order valence-corrected chi connectivity index (χ1v) is 6.79. The normalized spacial score (nSPS) is 11.3. The summed E-state index contributed by atoms with van der Waals surface area (Å²) >= 11 is 0. The fourth-order valence-corrected chi connectivity index (χ4v) is 1.78. The highest BCUT2D eigenvalue weighted by atomic mass is 19.4. The van der Waals surface area contributed by atoms with E-state index in [1.807, 2.05) is 6.92 Å². The summed E-state index contributed by atoms with van der Waals surface area (Å²) in [5, 5.41) is 10.7. The van der Waals surface area contributed by atoms with Crippen molar-refractivity contribution in [2.75, 3.05) is 6.61 Å². The molecular weight excluding hydrogens is 303 g/mol. The van der Waals surface area contributed by atoms with Crippen molar-refractivity contribution in [2.45, 2.75) is 38.8 Å². The number of nitro benzene ring substituents is 1. The number of hydrogen-bond donors (Lipinski definition) is 0. The summed E-state index contributed by atoms with van der Waals surface area (Å²) < 4.78 is 42.9. The summed E-state index contributed by atoms with van der Waals surface area (Å²) in [4.78, 5) is 21.4. The van der Waals surface area contributed by atoms with E-state index >= 15 is 0 Å². The molecule has 0 aliphatic rings. The second-order valence-electron chi connectivity index (χ2n) is 4.72. The molecule has 0 saturated carbocycles. The number of benzene rings is 1. The predicted octanol–water partition coefficient (Wildman–Crippen LogP) is 4.35. The number of alkyl halides is 3. The molecule has 5 nitrogen and oxygen atoms in total. The summed E-state index contributed by atoms with van der Waals surface area (Å²) in [6, 6.07) is 1.73. The van der Waals surface area contributed by atoms with Gasteiger partial charge in [-0.2, -0.15) is 13.2 Å². The van der Waals surface area contributed by atoms with Crippen LogP contribution < -0.4 is 0 Å². The summed E-state index contributed by atoms with van der Waals surface area (Å²) in [5.74, 6) is -0.995. The number of rotatable bonds is 7. The summed E-state index contributed by atoms with van der Waals surface area (Å²) in [7, 11) is 0. The molecule has 122 valence electrons. The fourth-order valence-electron chi connectivity index (χ4n) is 1.78. The van der Waals surface area contributed by atoms with Gasteiger partial charge in [0.05, 0.1) is 22.7 Å². The minimum absolute atomic E-state index is 0.0723. The largest absolute Gasteiger partial charge is 0.462 e. The number of halogens is 3. The van der Waals surface area contributed by atoms with E-state index in [1.165, 1.54) is 0 Å². The average Bonchev–Trinajstić information content (AvgIpc) is 2.45. The highest BCUT2D eigenvalue weighted by Crippen LogP contribution is 2.32. The molecule has 0 amide bonds. The van der Waals surface area contributed by atoms with Crippen LogP contribution in [0.15, 0.2) is 18.2 Å². The van der Waals surface area contributed by atoms with Gasteiger partial charge in [-0.05, 0) is 12.5 Å². The van der Waals surface area contributed by atoms with Crippen LogP contribution in [-0.2, 0) is 10.9 Å². The lowest BCUT2D eigenvalue weighted by molar-refractivity contribution is -0.385. The molecule has 1 aromatic rings. The number of carbonyl (C=O) groups excluding carboxylic acids is 1. The van der Waals surface area contributed by atoms with E-state index in [2.05, 4.69) is 0 Å². The van der Waals surface area contributed by atoms with Crippen molar-refractivity contribution in [2.24, 2.45) is 0 Å². The molecule has 0 N–H and O–H groups in total. The highest BCUT2D eigenvalue weighted by molar-refractivity contribution is 5.90. The zero-order valence-electron chi connectivity index (χ0n) is 12.0. The Morgan fingerprint density at radius 2 is 1.91 bits per heavy atom. The smallest absolute Gasteiger partial charge is 0.416 e. The van der Waals surface area contributed by atoms with Gasteiger partial charge in [0.1, 0.15) is 0 Å². The second-order valence-corrected chi connectivity index (χ2v) is 4.72. The maximum Gasteiger partial charge on any atom is 0.416 e. The number of carbonyl (C=O) groups is 1. The van der Waals surface area contributed by atoms with E-state index in [4.69, 9.17) is 4.74 Å². The van der Waals surface area contributed by atoms with Crippen molar-refractivity contribution in [3.63, 3.8) is 0 Å². The van der Waals surface area contributed by atoms with E-state index in [-0.39, 0.29) is 6.61 Å². The summed E-state index contributed by atoms with van der Waals surface area (Å²) in [6.45, 7) is 2.08. The molecule has 0 radical (unpaired) electrons. The van der Waals surface area contributed by atoms with Gasteiger partial charge < -0.3 is 4.74 Å². The summed E-state index contributed by atoms with van der Waals surface area (Å²) in [5.41, 5.74) is -2.52. The third kappa shape index (κ3) is 5.34. The van der Waals surface area contributed by atoms with Gasteiger partial charge in [-0.3, -0.25) is 10.1 Å². The first-order chi connectivity index (χ1) is 10.3. The van der Waals surface area contributed by atoms with Gasteiger partial charge in [-0.25, -0.2) is 4.79 Å². The van der Waals surface area contributed by atoms with Crippen molar-refractivity contribution in [3.8, 4) is 0 Å². The molecule has 1 rings (SSSR count). The number of non-ortho nitro benzene ring substituents is 1. The third-order valence-corrected chi connectivity index (χ3v) is 2.92. The zero-order chi connectivity index (χ0) is 16.8. The SMILES string of the molecule is CCCCCCOC(=O)c1cc([N+](=O)[O-])cc(C(F)(F)F)c1. The summed E-state index contributed by atoms with van der Waals surface area (Å²) in [6.07, 6.45) is -1.38. The van der Waals surface area contributed by atoms with Gasteiger partial charge in [0, 0.05) is 12.1 Å². The van der Waals surface area contributed by atoms with E-state index in [1.54, 1.807) is 0 Å². The maximum absolute atomic E-state index is 12.7. The molecule has 0 bridgehead atoms. The van der Waals surface area contributed by atoms with Gasteiger partial charge in [0.25, 0.3) is 5.69 Å². The van der Waals surface area contributed by atoms with Crippen molar-refractivity contribution >= 4 is 11.7 Å². The van der Waals surface area contributed by atoms with Crippen molar-refractivity contribution in [3.05, 3.63) is 39.4 Å². The van der Waals surface area contributed by atoms with Gasteiger partial charge in [0.15, 0.2) is 0 Å². The minimum Gasteiger partial charge on any atom is -0.462 e. The van der Waals surface area contributed by atoms with Crippen LogP contribution in [0.2, 0.25) is 0 Å². The van der Waals surface area contributed by atoms with Crippen LogP contribution in [0.5, 0.6) is 0 Å². The zero-order valence-corrected chi connectivity index (χ0v) is 12.0. The van der Waals surface area contributed by atoms with Crippen LogP contribution >= 0.6 is 0 Å². The van der Waals surface area contributed by atoms with Crippen molar-refractivity contribution in [1.82, 2.24) is 0 Å². The minimum atomic E-state index is -4.78. The van der Waals surface area contributed by atoms with Crippen molar-refractivity contribution in [1.29, 1.82) is 0 Å². The molecule has 0 saturated heterocycles. The monoisotopic (exact) mass is 319 g/mol. The Hall–Kier alpha value is -2.12. The first-order valence-electron chi connectivity index (χ1n) is 6.79. The molecule has 0 aromatic heterocycles. The number of esters is 1. The van der Waals surface area contributed by atoms with Gasteiger partial charge in [0.2, 0.25) is 0 Å². The van der Waals surface area contributed by atoms with E-state index < -0.39 is 33.9 Å². The van der Waals surface area contributed by atoms with E-state index in [0.717, 1.165) is 25.3 Å². The van der Waals surface area contributed by atoms with Gasteiger partial charge >= 0.3 is 12.1 Å². The first kappa shape index (κ1) is 17.9. The number of ether oxygens (including phenoxy) is 1. The average molecular weight is 319 g/mol. The number of unbranched alkanes of at least 4 members (excludes halogenated alkanes) is 3. The standard InChI is InChI=1S/C14H16F3NO4/c1-2-3-4-5-6-22-13(19)10-7-11(14(15,16)17)9-12(8-10)18(20)21/h7-9H,2-6H2,1H3. The molecule has 0 unspecified atom stereocenters. The van der Waals surface area contributed by atoms with Gasteiger partial charge in [-0.15, -0.1) is 0 Å². The predicted molar refractivity (Wildman–Crippen MR) is 72.5 cm³/mol. The molecular formula is C14H16F3NO4. The molecule has 0 spiro atoms. The quantitative estimate of drug-likeness (QED) is 0.324. The number of nitrogens with zero attached hydrogens (tertiary/aromatic N) is 1. The lowest BCUT2D eigenvalue weighted by Gasteiger charge is -2.09. The molecule has 22 heavy (non-hydrogen) atoms. The molecule has 0 fully saturated rings. The lowest BCUT2D eigenvalue weighted by atomic mass is 10.1. The Labute approximate surface area is 125 Å². The maximum atomic E-state index is 12.7. The molecule has 0 atom stereocenters. The van der Waals surface area contributed by atoms with Crippen LogP contribution in [-0.4, -0.2) is 17.5 Å². The van der Waals surface area contributed by atoms with Crippen molar-refractivity contribution < 1.29 is 27.6 Å². The highest BCUT2D eigenvalue weighted by Gasteiger charge is 2.33. The molecule has 1 aromatic carbocycles. The van der Waals surface area contributed by atoms with E-state index in [9.17, 15) is 28.1 Å². The number of hydrogen-bond acceptors (Lipinski definition) is 4. The van der Waals surface area contributed by atoms with Crippen LogP contribution in [0.25, 0.3) is 0 Å². The second kappa shape index (κ2) is 7.77. The third-order valence-electron chi connectivity index (χ3n) is 2.92. The molecule has 8 heteroatoms. The van der Waals surface area contributed by atoms with Crippen LogP contribution in [0, 0.1) is 10.1 Å². The Bertz CT molecular complexity index is 543. The van der Waals surface area contributed by atoms with E-state index in [0.29, 0.717) is 18.6 Å². The molecule has 0 heterocycles.